The highest BCUT2D eigenvalue weighted by atomic mass is 16.5. The number of carboxylic acids is 2. The molecule has 3 rings (SSSR count). The van der Waals surface area contributed by atoms with Gasteiger partial charge in [-0.1, -0.05) is 24.3 Å². The fourth-order valence-corrected chi connectivity index (χ4v) is 3.37. The minimum atomic E-state index is -1.26. The Morgan fingerprint density at radius 1 is 0.625 bits per heavy atom. The number of aromatic nitrogens is 1. The van der Waals surface area contributed by atoms with E-state index in [2.05, 4.69) is 15.6 Å². The molecule has 13 heteroatoms. The Bertz CT molecular complexity index is 1350. The molecule has 2 aromatic carbocycles. The molecule has 2 amide bonds. The van der Waals surface area contributed by atoms with Gasteiger partial charge in [-0.2, -0.15) is 0 Å². The Morgan fingerprint density at radius 2 is 1.00 bits per heavy atom. The van der Waals surface area contributed by atoms with Crippen molar-refractivity contribution in [1.82, 2.24) is 15.6 Å². The average Bonchev–Trinajstić information content (AvgIpc) is 2.97. The van der Waals surface area contributed by atoms with Crippen LogP contribution in [0.4, 0.5) is 0 Å². The van der Waals surface area contributed by atoms with Gasteiger partial charge in [0.05, 0.1) is 46.5 Å². The number of hydrogen-bond donors (Lipinski definition) is 4. The molecular weight excluding hydrogens is 526 g/mol. The molecule has 4 N–H and O–H groups in total. The number of amides is 2. The van der Waals surface area contributed by atoms with Crippen molar-refractivity contribution < 1.29 is 48.5 Å². The molecule has 0 bridgehead atoms. The highest BCUT2D eigenvalue weighted by molar-refractivity contribution is 6.05. The first-order valence-corrected chi connectivity index (χ1v) is 11.7. The Kier molecular flexibility index (Phi) is 10.0. The zero-order chi connectivity index (χ0) is 29.1. The number of benzene rings is 2. The molecular formula is C27H23N3O10. The summed E-state index contributed by atoms with van der Waals surface area (Å²) in [6, 6.07) is 12.5. The van der Waals surface area contributed by atoms with Gasteiger partial charge in [0.1, 0.15) is 13.2 Å². The molecule has 0 aliphatic rings. The summed E-state index contributed by atoms with van der Waals surface area (Å²) in [7, 11) is 0. The lowest BCUT2D eigenvalue weighted by Crippen LogP contribution is -2.29. The number of carboxylic acid groups (broad SMARTS) is 2. The molecule has 40 heavy (non-hydrogen) atoms. The van der Waals surface area contributed by atoms with Crippen molar-refractivity contribution in [2.75, 3.05) is 26.3 Å². The van der Waals surface area contributed by atoms with Gasteiger partial charge in [-0.05, 0) is 30.3 Å². The molecule has 0 unspecified atom stereocenters. The normalized spacial score (nSPS) is 10.2. The third-order valence-corrected chi connectivity index (χ3v) is 5.26. The van der Waals surface area contributed by atoms with E-state index in [1.54, 1.807) is 0 Å². The van der Waals surface area contributed by atoms with Crippen LogP contribution in [0.1, 0.15) is 62.1 Å². The highest BCUT2D eigenvalue weighted by Gasteiger charge is 2.18. The van der Waals surface area contributed by atoms with E-state index in [4.69, 9.17) is 9.47 Å². The molecule has 0 aliphatic heterocycles. The van der Waals surface area contributed by atoms with Crippen molar-refractivity contribution in [3.8, 4) is 0 Å². The summed E-state index contributed by atoms with van der Waals surface area (Å²) in [6.07, 6.45) is 2.34. The van der Waals surface area contributed by atoms with Crippen molar-refractivity contribution in [2.45, 2.75) is 0 Å². The van der Waals surface area contributed by atoms with Crippen molar-refractivity contribution >= 4 is 35.7 Å². The molecule has 0 spiro atoms. The lowest BCUT2D eigenvalue weighted by molar-refractivity contribution is 0.0497. The van der Waals surface area contributed by atoms with E-state index >= 15 is 0 Å². The van der Waals surface area contributed by atoms with Crippen LogP contribution in [-0.4, -0.2) is 77.2 Å². The fraction of sp³-hybridized carbons (Fsp3) is 0.148. The third kappa shape index (κ3) is 7.71. The number of esters is 2. The van der Waals surface area contributed by atoms with E-state index in [9.17, 15) is 39.0 Å². The standard InChI is InChI=1S/C27H23N3O10/c31-22(18-5-1-3-7-20(18)24(33)34)29-9-11-39-26(37)16-13-17(15-28-14-16)27(38)40-12-10-30-23(32)19-6-2-4-8-21(19)25(35)36/h1-8,13-15H,9-12H2,(H,29,31)(H,30,32)(H,33,34)(H,35,36). The Labute approximate surface area is 226 Å². The van der Waals surface area contributed by atoms with Gasteiger partial charge in [0, 0.05) is 12.4 Å². The number of aromatic carboxylic acids is 2. The topological polar surface area (TPSA) is 198 Å². The molecule has 0 saturated heterocycles. The number of nitrogens with one attached hydrogen (secondary N) is 2. The lowest BCUT2D eigenvalue weighted by Gasteiger charge is -2.10. The Morgan fingerprint density at radius 3 is 1.38 bits per heavy atom. The van der Waals surface area contributed by atoms with Crippen LogP contribution < -0.4 is 10.6 Å². The quantitative estimate of drug-likeness (QED) is 0.189. The smallest absolute Gasteiger partial charge is 0.339 e. The molecule has 3 aromatic rings. The summed E-state index contributed by atoms with van der Waals surface area (Å²) in [5, 5.41) is 23.3. The summed E-state index contributed by atoms with van der Waals surface area (Å²) in [5.41, 5.74) is -0.538. The van der Waals surface area contributed by atoms with E-state index < -0.39 is 35.7 Å². The van der Waals surface area contributed by atoms with Crippen molar-refractivity contribution in [1.29, 1.82) is 0 Å². The number of rotatable bonds is 12. The first kappa shape index (κ1) is 29.0. The van der Waals surface area contributed by atoms with E-state index in [0.29, 0.717) is 0 Å². The molecule has 206 valence electrons. The molecule has 0 radical (unpaired) electrons. The van der Waals surface area contributed by atoms with E-state index in [1.165, 1.54) is 67.0 Å². The number of ether oxygens (including phenoxy) is 2. The molecule has 13 nitrogen and oxygen atoms in total. The van der Waals surface area contributed by atoms with Crippen LogP contribution >= 0.6 is 0 Å². The lowest BCUT2D eigenvalue weighted by atomic mass is 10.1. The number of carbonyl (C=O) groups excluding carboxylic acids is 4. The van der Waals surface area contributed by atoms with Gasteiger partial charge in [-0.3, -0.25) is 14.6 Å². The largest absolute Gasteiger partial charge is 0.478 e. The Balaban J connectivity index is 1.44. The van der Waals surface area contributed by atoms with Gasteiger partial charge < -0.3 is 30.3 Å². The van der Waals surface area contributed by atoms with Gasteiger partial charge in [0.25, 0.3) is 11.8 Å². The number of nitrogens with zero attached hydrogens (tertiary/aromatic N) is 1. The van der Waals surface area contributed by atoms with Gasteiger partial charge in [0.2, 0.25) is 0 Å². The third-order valence-electron chi connectivity index (χ3n) is 5.26. The second kappa shape index (κ2) is 13.8. The maximum atomic E-state index is 12.3. The van der Waals surface area contributed by atoms with Gasteiger partial charge in [0.15, 0.2) is 0 Å². The van der Waals surface area contributed by atoms with Crippen molar-refractivity contribution in [3.63, 3.8) is 0 Å². The highest BCUT2D eigenvalue weighted by Crippen LogP contribution is 2.10. The van der Waals surface area contributed by atoms with E-state index in [-0.39, 0.29) is 59.7 Å². The minimum absolute atomic E-state index is 0.0404. The summed E-state index contributed by atoms with van der Waals surface area (Å²) in [4.78, 5) is 75.4. The number of pyridine rings is 1. The van der Waals surface area contributed by atoms with Crippen LogP contribution in [0.3, 0.4) is 0 Å². The zero-order valence-electron chi connectivity index (χ0n) is 20.8. The molecule has 0 atom stereocenters. The second-order valence-electron chi connectivity index (χ2n) is 7.95. The van der Waals surface area contributed by atoms with Crippen LogP contribution in [-0.2, 0) is 9.47 Å². The number of carbonyl (C=O) groups is 6. The summed E-state index contributed by atoms with van der Waals surface area (Å²) in [5.74, 6) is -5.47. The van der Waals surface area contributed by atoms with Crippen LogP contribution in [0.25, 0.3) is 0 Å². The molecule has 0 aliphatic carbocycles. The second-order valence-corrected chi connectivity index (χ2v) is 7.95. The average molecular weight is 549 g/mol. The maximum Gasteiger partial charge on any atom is 0.339 e. The summed E-state index contributed by atoms with van der Waals surface area (Å²) >= 11 is 0. The van der Waals surface area contributed by atoms with Crippen LogP contribution in [0.2, 0.25) is 0 Å². The van der Waals surface area contributed by atoms with Crippen LogP contribution in [0, 0.1) is 0 Å². The van der Waals surface area contributed by atoms with Crippen LogP contribution in [0.15, 0.2) is 67.0 Å². The Hall–Kier alpha value is -5.59. The summed E-state index contributed by atoms with van der Waals surface area (Å²) < 4.78 is 10.1. The molecule has 0 fully saturated rings. The van der Waals surface area contributed by atoms with Gasteiger partial charge in [-0.25, -0.2) is 19.2 Å². The van der Waals surface area contributed by atoms with Gasteiger partial charge in [-0.15, -0.1) is 0 Å². The van der Waals surface area contributed by atoms with Crippen LogP contribution in [0.5, 0.6) is 0 Å². The van der Waals surface area contributed by atoms with Gasteiger partial charge >= 0.3 is 23.9 Å². The predicted octanol–water partition coefficient (Wildman–Crippen LogP) is 1.65. The first-order chi connectivity index (χ1) is 19.2. The van der Waals surface area contributed by atoms with E-state index in [1.807, 2.05) is 0 Å². The van der Waals surface area contributed by atoms with Crippen molar-refractivity contribution in [2.24, 2.45) is 0 Å². The minimum Gasteiger partial charge on any atom is -0.478 e. The fourth-order valence-electron chi connectivity index (χ4n) is 3.37. The SMILES string of the molecule is O=C(OCCNC(=O)c1ccccc1C(=O)O)c1cncc(C(=O)OCCNC(=O)c2ccccc2C(=O)O)c1. The first-order valence-electron chi connectivity index (χ1n) is 11.7. The summed E-state index contributed by atoms with van der Waals surface area (Å²) in [6.45, 7) is -0.676. The predicted molar refractivity (Wildman–Crippen MR) is 136 cm³/mol. The van der Waals surface area contributed by atoms with E-state index in [0.717, 1.165) is 0 Å². The monoisotopic (exact) mass is 549 g/mol. The maximum absolute atomic E-state index is 12.3. The molecule has 1 aromatic heterocycles. The molecule has 0 saturated carbocycles. The zero-order valence-corrected chi connectivity index (χ0v) is 20.8. The van der Waals surface area contributed by atoms with Crippen molar-refractivity contribution in [3.05, 3.63) is 100 Å². The molecule has 1 heterocycles. The number of hydrogen-bond acceptors (Lipinski definition) is 9.